The summed E-state index contributed by atoms with van der Waals surface area (Å²) in [7, 11) is 0. The first-order valence-electron chi connectivity index (χ1n) is 10.3. The van der Waals surface area contributed by atoms with Crippen molar-refractivity contribution in [2.45, 2.75) is 31.6 Å². The van der Waals surface area contributed by atoms with Crippen LogP contribution in [0.5, 0.6) is 0 Å². The van der Waals surface area contributed by atoms with Gasteiger partial charge in [-0.05, 0) is 36.1 Å². The largest absolute Gasteiger partial charge is 0.465 e. The quantitative estimate of drug-likeness (QED) is 0.595. The monoisotopic (exact) mass is 455 g/mol. The van der Waals surface area contributed by atoms with E-state index in [0.717, 1.165) is 24.1 Å². The highest BCUT2D eigenvalue weighted by molar-refractivity contribution is 6.35. The molecule has 2 aromatic rings. The van der Waals surface area contributed by atoms with E-state index in [0.29, 0.717) is 39.7 Å². The fourth-order valence-corrected chi connectivity index (χ4v) is 4.89. The number of ether oxygens (including phenoxy) is 1. The molecule has 1 aliphatic carbocycles. The zero-order chi connectivity index (χ0) is 22.0. The number of ketones is 1. The van der Waals surface area contributed by atoms with Gasteiger partial charge in [0.1, 0.15) is 5.92 Å². The van der Waals surface area contributed by atoms with Gasteiger partial charge >= 0.3 is 5.97 Å². The number of allylic oxidation sites excluding steroid dienone is 2. The Labute approximate surface area is 191 Å². The van der Waals surface area contributed by atoms with Gasteiger partial charge in [0.25, 0.3) is 0 Å². The Morgan fingerprint density at radius 1 is 1.13 bits per heavy atom. The Morgan fingerprint density at radius 3 is 2.65 bits per heavy atom. The molecule has 160 valence electrons. The summed E-state index contributed by atoms with van der Waals surface area (Å²) in [5.74, 6) is -1.70. The fourth-order valence-electron chi connectivity index (χ4n) is 4.36. The lowest BCUT2D eigenvalue weighted by atomic mass is 9.71. The maximum atomic E-state index is 13.2. The third-order valence-corrected chi connectivity index (χ3v) is 6.38. The number of halogens is 2. The maximum Gasteiger partial charge on any atom is 0.315 e. The van der Waals surface area contributed by atoms with Crippen molar-refractivity contribution in [1.29, 1.82) is 0 Å². The van der Waals surface area contributed by atoms with E-state index in [4.69, 9.17) is 27.9 Å². The zero-order valence-electron chi connectivity index (χ0n) is 17.0. The van der Waals surface area contributed by atoms with Crippen LogP contribution in [-0.2, 0) is 20.7 Å². The highest BCUT2D eigenvalue weighted by Gasteiger charge is 2.44. The van der Waals surface area contributed by atoms with Crippen molar-refractivity contribution in [3.63, 3.8) is 0 Å². The second-order valence-electron chi connectivity index (χ2n) is 7.84. The minimum atomic E-state index is -0.754. The van der Waals surface area contributed by atoms with Crippen LogP contribution in [0.2, 0.25) is 10.0 Å². The van der Waals surface area contributed by atoms with Gasteiger partial charge in [0.15, 0.2) is 5.78 Å². The highest BCUT2D eigenvalue weighted by atomic mass is 35.5. The Kier molecular flexibility index (Phi) is 6.49. The lowest BCUT2D eigenvalue weighted by Crippen LogP contribution is -2.41. The third-order valence-electron chi connectivity index (χ3n) is 5.82. The van der Waals surface area contributed by atoms with E-state index >= 15 is 0 Å². The van der Waals surface area contributed by atoms with Crippen LogP contribution in [0.3, 0.4) is 0 Å². The van der Waals surface area contributed by atoms with Crippen LogP contribution in [0.25, 0.3) is 0 Å². The van der Waals surface area contributed by atoms with Crippen molar-refractivity contribution in [3.8, 4) is 0 Å². The van der Waals surface area contributed by atoms with Crippen molar-refractivity contribution in [2.75, 3.05) is 6.61 Å². The molecule has 0 fully saturated rings. The summed E-state index contributed by atoms with van der Waals surface area (Å²) in [5, 5.41) is 4.12. The summed E-state index contributed by atoms with van der Waals surface area (Å²) in [4.78, 5) is 26.1. The number of esters is 1. The summed E-state index contributed by atoms with van der Waals surface area (Å²) in [6.07, 6.45) is 2.56. The first-order chi connectivity index (χ1) is 15.0. The molecule has 1 aliphatic heterocycles. The molecule has 1 N–H and O–H groups in total. The maximum absolute atomic E-state index is 13.2. The minimum absolute atomic E-state index is 0.0272. The van der Waals surface area contributed by atoms with E-state index in [-0.39, 0.29) is 12.4 Å². The predicted molar refractivity (Wildman–Crippen MR) is 122 cm³/mol. The van der Waals surface area contributed by atoms with Crippen molar-refractivity contribution in [1.82, 2.24) is 5.32 Å². The standard InChI is InChI=1S/C25H23Cl2NO3/c1-15-22(25(30)31-13-12-16-6-3-2-4-7-16)23(18-11-10-17(26)14-19(18)27)24-20(28-15)8-5-9-21(24)29/h2-4,6-7,10-11,14,22-23,28H,1,5,8-9,12-13H2. The fraction of sp³-hybridized carbons (Fsp3) is 0.280. The highest BCUT2D eigenvalue weighted by Crippen LogP contribution is 2.46. The summed E-state index contributed by atoms with van der Waals surface area (Å²) in [5.41, 5.74) is 3.72. The number of nitrogens with one attached hydrogen (secondary N) is 1. The lowest BCUT2D eigenvalue weighted by molar-refractivity contribution is -0.147. The molecule has 4 nitrogen and oxygen atoms in total. The van der Waals surface area contributed by atoms with Gasteiger partial charge in [-0.2, -0.15) is 0 Å². The first-order valence-corrected chi connectivity index (χ1v) is 11.1. The van der Waals surface area contributed by atoms with Crippen LogP contribution < -0.4 is 5.32 Å². The van der Waals surface area contributed by atoms with Gasteiger partial charge in [0.05, 0.1) is 6.61 Å². The third kappa shape index (κ3) is 4.56. The summed E-state index contributed by atoms with van der Waals surface area (Å²) < 4.78 is 5.64. The predicted octanol–water partition coefficient (Wildman–Crippen LogP) is 5.60. The van der Waals surface area contributed by atoms with E-state index in [1.807, 2.05) is 30.3 Å². The number of carbonyl (C=O) groups is 2. The molecule has 0 bridgehead atoms. The topological polar surface area (TPSA) is 55.4 Å². The molecule has 2 aromatic carbocycles. The van der Waals surface area contributed by atoms with Crippen molar-refractivity contribution in [3.05, 3.63) is 93.2 Å². The Balaban J connectivity index is 1.65. The summed E-state index contributed by atoms with van der Waals surface area (Å²) in [6, 6.07) is 15.0. The molecule has 0 aromatic heterocycles. The Morgan fingerprint density at radius 2 is 1.90 bits per heavy atom. The average Bonchev–Trinajstić information content (AvgIpc) is 2.74. The number of benzene rings is 2. The number of carbonyl (C=O) groups excluding carboxylic acids is 2. The van der Waals surface area contributed by atoms with Gasteiger partial charge in [-0.25, -0.2) is 0 Å². The average molecular weight is 456 g/mol. The van der Waals surface area contributed by atoms with Gasteiger partial charge in [0, 0.05) is 45.8 Å². The number of hydrogen-bond acceptors (Lipinski definition) is 4. The van der Waals surface area contributed by atoms with Crippen LogP contribution in [0, 0.1) is 5.92 Å². The van der Waals surface area contributed by atoms with Crippen LogP contribution >= 0.6 is 23.2 Å². The summed E-state index contributed by atoms with van der Waals surface area (Å²) in [6.45, 7) is 4.34. The van der Waals surface area contributed by atoms with Crippen LogP contribution in [0.1, 0.15) is 36.3 Å². The molecule has 0 saturated heterocycles. The molecule has 0 amide bonds. The smallest absolute Gasteiger partial charge is 0.315 e. The van der Waals surface area contributed by atoms with E-state index in [9.17, 15) is 9.59 Å². The molecule has 6 heteroatoms. The lowest BCUT2D eigenvalue weighted by Gasteiger charge is -2.38. The molecule has 2 atom stereocenters. The van der Waals surface area contributed by atoms with E-state index in [2.05, 4.69) is 11.9 Å². The van der Waals surface area contributed by atoms with E-state index < -0.39 is 17.8 Å². The van der Waals surface area contributed by atoms with Gasteiger partial charge in [0.2, 0.25) is 0 Å². The molecule has 4 rings (SSSR count). The molecule has 2 unspecified atom stereocenters. The SMILES string of the molecule is C=C1NC2=C(C(=O)CCC2)C(c2ccc(Cl)cc2Cl)C1C(=O)OCCc1ccccc1. The minimum Gasteiger partial charge on any atom is -0.465 e. The molecule has 31 heavy (non-hydrogen) atoms. The second-order valence-corrected chi connectivity index (χ2v) is 8.69. The molecule has 0 saturated carbocycles. The number of hydrogen-bond donors (Lipinski definition) is 1. The molecule has 0 radical (unpaired) electrons. The number of Topliss-reactive ketones (excluding diaryl/α,β-unsaturated/α-hetero) is 1. The molecular weight excluding hydrogens is 433 g/mol. The van der Waals surface area contributed by atoms with Crippen molar-refractivity contribution in [2.24, 2.45) is 5.92 Å². The first kappa shape index (κ1) is 21.7. The molecular formula is C25H23Cl2NO3. The molecule has 2 aliphatic rings. The normalized spacial score (nSPS) is 20.8. The van der Waals surface area contributed by atoms with Gasteiger partial charge in [-0.15, -0.1) is 0 Å². The Bertz CT molecular complexity index is 1060. The number of rotatable bonds is 5. The van der Waals surface area contributed by atoms with Crippen LogP contribution in [0.4, 0.5) is 0 Å². The van der Waals surface area contributed by atoms with Crippen molar-refractivity contribution < 1.29 is 14.3 Å². The van der Waals surface area contributed by atoms with Crippen LogP contribution in [0.15, 0.2) is 72.1 Å². The van der Waals surface area contributed by atoms with E-state index in [1.54, 1.807) is 18.2 Å². The van der Waals surface area contributed by atoms with Gasteiger partial charge in [-0.1, -0.05) is 66.2 Å². The Hall–Kier alpha value is -2.56. The van der Waals surface area contributed by atoms with E-state index in [1.165, 1.54) is 0 Å². The zero-order valence-corrected chi connectivity index (χ0v) is 18.5. The molecule has 0 spiro atoms. The second kappa shape index (κ2) is 9.29. The van der Waals surface area contributed by atoms with Crippen molar-refractivity contribution >= 4 is 35.0 Å². The van der Waals surface area contributed by atoms with Gasteiger partial charge in [-0.3, -0.25) is 9.59 Å². The summed E-state index contributed by atoms with van der Waals surface area (Å²) >= 11 is 12.6. The van der Waals surface area contributed by atoms with Gasteiger partial charge < -0.3 is 10.1 Å². The molecule has 1 heterocycles. The van der Waals surface area contributed by atoms with Crippen LogP contribution in [-0.4, -0.2) is 18.4 Å².